The molecular formula is C14H19Cl2N3O3. The van der Waals surface area contributed by atoms with Gasteiger partial charge in [0.1, 0.15) is 0 Å². The van der Waals surface area contributed by atoms with Crippen LogP contribution in [-0.4, -0.2) is 54.6 Å². The quantitative estimate of drug-likeness (QED) is 0.765. The Bertz CT molecular complexity index is 566. The highest BCUT2D eigenvalue weighted by molar-refractivity contribution is 6.34. The first-order valence-corrected chi connectivity index (χ1v) is 7.00. The van der Waals surface area contributed by atoms with Crippen molar-refractivity contribution in [3.8, 4) is 0 Å². The minimum atomic E-state index is -0.503. The lowest BCUT2D eigenvalue weighted by Crippen LogP contribution is -2.35. The molecule has 1 saturated heterocycles. The van der Waals surface area contributed by atoms with Crippen LogP contribution >= 0.6 is 24.0 Å². The van der Waals surface area contributed by atoms with Gasteiger partial charge in [0, 0.05) is 26.3 Å². The van der Waals surface area contributed by atoms with Gasteiger partial charge in [0.05, 0.1) is 22.7 Å². The Labute approximate surface area is 140 Å². The van der Waals surface area contributed by atoms with E-state index in [0.717, 1.165) is 0 Å². The van der Waals surface area contributed by atoms with E-state index in [1.165, 1.54) is 4.90 Å². The van der Waals surface area contributed by atoms with Crippen LogP contribution in [0.5, 0.6) is 0 Å². The summed E-state index contributed by atoms with van der Waals surface area (Å²) in [6.45, 7) is 0.406. The number of aliphatic hydroxyl groups excluding tert-OH is 1. The van der Waals surface area contributed by atoms with Crippen LogP contribution in [0, 0.1) is 0 Å². The predicted octanol–water partition coefficient (Wildman–Crippen LogP) is 1.12. The molecule has 3 N–H and O–H groups in total. The third kappa shape index (κ3) is 4.33. The lowest BCUT2D eigenvalue weighted by atomic mass is 10.1. The minimum absolute atomic E-state index is 0. The number of carbonyl (C=O) groups excluding carboxylic acids is 2. The van der Waals surface area contributed by atoms with E-state index in [1.54, 1.807) is 32.3 Å². The van der Waals surface area contributed by atoms with Gasteiger partial charge in [0.25, 0.3) is 5.91 Å². The Morgan fingerprint density at radius 1 is 1.41 bits per heavy atom. The Morgan fingerprint density at radius 3 is 2.64 bits per heavy atom. The number of benzene rings is 1. The molecule has 0 aliphatic carbocycles. The van der Waals surface area contributed by atoms with E-state index in [0.29, 0.717) is 29.2 Å². The average molecular weight is 348 g/mol. The van der Waals surface area contributed by atoms with Gasteiger partial charge in [-0.3, -0.25) is 9.59 Å². The number of hydrogen-bond donors (Lipinski definition) is 3. The van der Waals surface area contributed by atoms with Crippen LogP contribution in [0.25, 0.3) is 0 Å². The van der Waals surface area contributed by atoms with E-state index in [2.05, 4.69) is 10.6 Å². The molecule has 6 nitrogen and oxygen atoms in total. The predicted molar refractivity (Wildman–Crippen MR) is 87.8 cm³/mol. The first-order chi connectivity index (χ1) is 9.88. The van der Waals surface area contributed by atoms with Crippen molar-refractivity contribution < 1.29 is 14.7 Å². The highest BCUT2D eigenvalue weighted by atomic mass is 35.5. The summed E-state index contributed by atoms with van der Waals surface area (Å²) < 4.78 is 0. The smallest absolute Gasteiger partial charge is 0.254 e. The molecule has 0 bridgehead atoms. The Kier molecular flexibility index (Phi) is 6.62. The van der Waals surface area contributed by atoms with Crippen molar-refractivity contribution in [2.75, 3.05) is 26.0 Å². The van der Waals surface area contributed by atoms with Crippen LogP contribution in [0.15, 0.2) is 18.2 Å². The maximum Gasteiger partial charge on any atom is 0.254 e. The number of amides is 2. The first-order valence-electron chi connectivity index (χ1n) is 6.62. The summed E-state index contributed by atoms with van der Waals surface area (Å²) in [5.74, 6) is -0.470. The van der Waals surface area contributed by atoms with E-state index in [9.17, 15) is 14.7 Å². The molecule has 22 heavy (non-hydrogen) atoms. The molecule has 1 aromatic carbocycles. The second kappa shape index (κ2) is 7.78. The van der Waals surface area contributed by atoms with Crippen molar-refractivity contribution in [1.29, 1.82) is 0 Å². The summed E-state index contributed by atoms with van der Waals surface area (Å²) in [5.41, 5.74) is 0.830. The van der Waals surface area contributed by atoms with Crippen molar-refractivity contribution in [1.82, 2.24) is 10.2 Å². The number of nitrogens with one attached hydrogen (secondary N) is 2. The molecule has 0 aromatic heterocycles. The van der Waals surface area contributed by atoms with Crippen molar-refractivity contribution in [3.63, 3.8) is 0 Å². The number of aliphatic hydroxyl groups is 1. The Hall–Kier alpha value is -1.34. The maximum absolute atomic E-state index is 12.0. The number of nitrogens with zero attached hydrogens (tertiary/aromatic N) is 1. The summed E-state index contributed by atoms with van der Waals surface area (Å²) >= 11 is 6.01. The van der Waals surface area contributed by atoms with Crippen molar-refractivity contribution in [2.24, 2.45) is 0 Å². The number of hydrogen-bond acceptors (Lipinski definition) is 4. The van der Waals surface area contributed by atoms with Gasteiger partial charge in [-0.25, -0.2) is 0 Å². The molecule has 0 radical (unpaired) electrons. The molecule has 1 aliphatic heterocycles. The normalized spacial score (nSPS) is 20.2. The SMILES string of the molecule is CN(C)C(=O)c1cc(NC(=O)C2CC(O)CN2)ccc1Cl.Cl. The van der Waals surface area contributed by atoms with Gasteiger partial charge < -0.3 is 20.6 Å². The van der Waals surface area contributed by atoms with Gasteiger partial charge >= 0.3 is 0 Å². The van der Waals surface area contributed by atoms with Gasteiger partial charge in [-0.1, -0.05) is 11.6 Å². The molecule has 1 fully saturated rings. The standard InChI is InChI=1S/C14H18ClN3O3.ClH/c1-18(2)14(21)10-5-8(3-4-11(10)15)17-13(20)12-6-9(19)7-16-12;/h3-5,9,12,16,19H,6-7H2,1-2H3,(H,17,20);1H. The van der Waals surface area contributed by atoms with Crippen LogP contribution in [0.2, 0.25) is 5.02 Å². The number of rotatable bonds is 3. The van der Waals surface area contributed by atoms with Crippen LogP contribution in [0.3, 0.4) is 0 Å². The van der Waals surface area contributed by atoms with E-state index in [-0.39, 0.29) is 24.2 Å². The highest BCUT2D eigenvalue weighted by Gasteiger charge is 2.28. The lowest BCUT2D eigenvalue weighted by molar-refractivity contribution is -0.117. The third-order valence-corrected chi connectivity index (χ3v) is 3.62. The van der Waals surface area contributed by atoms with Gasteiger partial charge in [-0.05, 0) is 24.6 Å². The summed E-state index contributed by atoms with van der Waals surface area (Å²) in [7, 11) is 3.27. The van der Waals surface area contributed by atoms with Crippen LogP contribution < -0.4 is 10.6 Å². The fourth-order valence-electron chi connectivity index (χ4n) is 2.15. The molecule has 0 spiro atoms. The molecule has 1 aliphatic rings. The van der Waals surface area contributed by atoms with Crippen LogP contribution in [-0.2, 0) is 4.79 Å². The summed E-state index contributed by atoms with van der Waals surface area (Å²) in [4.78, 5) is 25.5. The molecule has 8 heteroatoms. The van der Waals surface area contributed by atoms with Crippen LogP contribution in [0.1, 0.15) is 16.8 Å². The fraction of sp³-hybridized carbons (Fsp3) is 0.429. The molecule has 2 unspecified atom stereocenters. The number of carbonyl (C=O) groups is 2. The van der Waals surface area contributed by atoms with E-state index >= 15 is 0 Å². The molecule has 1 aromatic rings. The molecule has 1 heterocycles. The second-order valence-electron chi connectivity index (χ2n) is 5.23. The number of halogens is 2. The summed E-state index contributed by atoms with van der Waals surface area (Å²) in [6.07, 6.45) is -0.125. The molecule has 122 valence electrons. The van der Waals surface area contributed by atoms with Crippen molar-refractivity contribution in [3.05, 3.63) is 28.8 Å². The monoisotopic (exact) mass is 347 g/mol. The molecule has 2 rings (SSSR count). The maximum atomic E-state index is 12.0. The Balaban J connectivity index is 0.00000242. The molecule has 0 saturated carbocycles. The molecule has 2 amide bonds. The molecule has 2 atom stereocenters. The fourth-order valence-corrected chi connectivity index (χ4v) is 2.35. The number of anilines is 1. The van der Waals surface area contributed by atoms with E-state index in [4.69, 9.17) is 11.6 Å². The zero-order valence-corrected chi connectivity index (χ0v) is 13.9. The zero-order chi connectivity index (χ0) is 15.6. The topological polar surface area (TPSA) is 81.7 Å². The summed E-state index contributed by atoms with van der Waals surface area (Å²) in [5, 5.41) is 15.4. The van der Waals surface area contributed by atoms with Gasteiger partial charge in [-0.15, -0.1) is 12.4 Å². The average Bonchev–Trinajstić information content (AvgIpc) is 2.86. The van der Waals surface area contributed by atoms with E-state index < -0.39 is 12.1 Å². The second-order valence-corrected chi connectivity index (χ2v) is 5.64. The van der Waals surface area contributed by atoms with E-state index in [1.807, 2.05) is 0 Å². The number of β-amino-alcohol motifs (C(OH)–C–C–N with tert-alkyl or cyclic N) is 1. The molecular weight excluding hydrogens is 329 g/mol. The van der Waals surface area contributed by atoms with Gasteiger partial charge in [0.2, 0.25) is 5.91 Å². The minimum Gasteiger partial charge on any atom is -0.392 e. The Morgan fingerprint density at radius 2 is 2.09 bits per heavy atom. The largest absolute Gasteiger partial charge is 0.392 e. The van der Waals surface area contributed by atoms with Gasteiger partial charge in [0.15, 0.2) is 0 Å². The highest BCUT2D eigenvalue weighted by Crippen LogP contribution is 2.22. The zero-order valence-electron chi connectivity index (χ0n) is 12.3. The lowest BCUT2D eigenvalue weighted by Gasteiger charge is -2.14. The van der Waals surface area contributed by atoms with Crippen molar-refractivity contribution in [2.45, 2.75) is 18.6 Å². The van der Waals surface area contributed by atoms with Gasteiger partial charge in [-0.2, -0.15) is 0 Å². The van der Waals surface area contributed by atoms with Crippen LogP contribution in [0.4, 0.5) is 5.69 Å². The third-order valence-electron chi connectivity index (χ3n) is 3.29. The summed E-state index contributed by atoms with van der Waals surface area (Å²) in [6, 6.07) is 4.33. The van der Waals surface area contributed by atoms with Crippen molar-refractivity contribution >= 4 is 41.5 Å². The first kappa shape index (κ1) is 18.7.